The van der Waals surface area contributed by atoms with Crippen LogP contribution in [0.2, 0.25) is 0 Å². The number of carbonyl (C=O) groups is 2. The number of ether oxygens (including phenoxy) is 1. The Kier molecular flexibility index (Phi) is 6.30. The van der Waals surface area contributed by atoms with E-state index in [4.69, 9.17) is 4.74 Å². The Balaban J connectivity index is 1.20. The number of carbonyl (C=O) groups excluding carboxylic acids is 2. The molecule has 31 heavy (non-hydrogen) atoms. The Bertz CT molecular complexity index is 880. The zero-order valence-electron chi connectivity index (χ0n) is 18.6. The molecule has 1 saturated heterocycles. The highest BCUT2D eigenvalue weighted by molar-refractivity contribution is 6.06. The van der Waals surface area contributed by atoms with Gasteiger partial charge in [-0.3, -0.25) is 19.5 Å². The highest BCUT2D eigenvalue weighted by Crippen LogP contribution is 2.52. The summed E-state index contributed by atoms with van der Waals surface area (Å²) in [5, 5.41) is 6.59. The number of fused-ring (bicyclic) bond motifs is 5. The van der Waals surface area contributed by atoms with Crippen LogP contribution >= 0.6 is 0 Å². The van der Waals surface area contributed by atoms with Crippen molar-refractivity contribution < 1.29 is 14.3 Å². The van der Waals surface area contributed by atoms with Crippen LogP contribution in [0, 0.1) is 30.6 Å². The van der Waals surface area contributed by atoms with Gasteiger partial charge in [-0.2, -0.15) is 0 Å². The highest BCUT2D eigenvalue weighted by Gasteiger charge is 2.58. The van der Waals surface area contributed by atoms with Crippen molar-refractivity contribution in [2.75, 3.05) is 33.8 Å². The summed E-state index contributed by atoms with van der Waals surface area (Å²) in [6, 6.07) is 6.17. The van der Waals surface area contributed by atoms with Crippen LogP contribution in [0.15, 0.2) is 35.3 Å². The fraction of sp³-hybridized carbons (Fsp3) is 0.542. The molecule has 2 amide bonds. The van der Waals surface area contributed by atoms with Gasteiger partial charge in [-0.15, -0.1) is 0 Å². The van der Waals surface area contributed by atoms with Crippen LogP contribution in [0.4, 0.5) is 0 Å². The van der Waals surface area contributed by atoms with Crippen LogP contribution in [0.5, 0.6) is 5.75 Å². The van der Waals surface area contributed by atoms with Crippen molar-refractivity contribution in [2.24, 2.45) is 28.7 Å². The molecule has 0 radical (unpaired) electrons. The third kappa shape index (κ3) is 4.18. The number of likely N-dealkylation sites (tertiary alicyclic amines) is 1. The van der Waals surface area contributed by atoms with E-state index in [1.165, 1.54) is 10.5 Å². The first-order valence-electron chi connectivity index (χ1n) is 11.1. The average Bonchev–Trinajstić information content (AvgIpc) is 3.45. The number of amides is 2. The van der Waals surface area contributed by atoms with Crippen LogP contribution in [-0.4, -0.2) is 56.5 Å². The molecule has 0 spiro atoms. The first-order valence-corrected chi connectivity index (χ1v) is 11.1. The summed E-state index contributed by atoms with van der Waals surface area (Å²) in [7, 11) is 3.42. The van der Waals surface area contributed by atoms with E-state index >= 15 is 0 Å². The van der Waals surface area contributed by atoms with Crippen LogP contribution in [0.1, 0.15) is 24.0 Å². The van der Waals surface area contributed by atoms with Gasteiger partial charge in [0.25, 0.3) is 0 Å². The van der Waals surface area contributed by atoms with Crippen molar-refractivity contribution in [1.82, 2.24) is 15.5 Å². The van der Waals surface area contributed by atoms with Crippen molar-refractivity contribution in [3.8, 4) is 5.75 Å². The van der Waals surface area contributed by atoms with Gasteiger partial charge >= 0.3 is 0 Å². The van der Waals surface area contributed by atoms with Crippen LogP contribution in [0.3, 0.4) is 0 Å². The Morgan fingerprint density at radius 2 is 1.81 bits per heavy atom. The minimum absolute atomic E-state index is 0.0291. The number of nitrogens with zero attached hydrogens (tertiary/aromatic N) is 2. The smallest absolute Gasteiger partial charge is 0.233 e. The number of nitrogens with one attached hydrogen (secondary N) is 2. The van der Waals surface area contributed by atoms with E-state index in [0.717, 1.165) is 30.7 Å². The summed E-state index contributed by atoms with van der Waals surface area (Å²) < 4.78 is 5.44. The topological polar surface area (TPSA) is 83.0 Å². The second-order valence-electron chi connectivity index (χ2n) is 8.67. The molecule has 1 aromatic rings. The Morgan fingerprint density at radius 1 is 1.13 bits per heavy atom. The van der Waals surface area contributed by atoms with Gasteiger partial charge in [-0.25, -0.2) is 0 Å². The molecule has 1 heterocycles. The monoisotopic (exact) mass is 424 g/mol. The van der Waals surface area contributed by atoms with Crippen LogP contribution in [-0.2, 0) is 16.0 Å². The molecule has 2 bridgehead atoms. The number of rotatable bonds is 8. The molecule has 2 N–H and O–H groups in total. The predicted octanol–water partition coefficient (Wildman–Crippen LogP) is 1.91. The van der Waals surface area contributed by atoms with Crippen molar-refractivity contribution in [3.05, 3.63) is 41.5 Å². The highest BCUT2D eigenvalue weighted by atomic mass is 16.5. The largest absolute Gasteiger partial charge is 0.496 e. The van der Waals surface area contributed by atoms with Crippen molar-refractivity contribution in [2.45, 2.75) is 26.2 Å². The maximum atomic E-state index is 12.7. The molecular formula is C24H32N4O3. The summed E-state index contributed by atoms with van der Waals surface area (Å²) >= 11 is 0. The number of benzene rings is 1. The van der Waals surface area contributed by atoms with Gasteiger partial charge in [-0.05, 0) is 49.7 Å². The standard InChI is InChI=1S/C24H32N4O3/c1-15-5-8-19(31-3)16(13-15)9-11-27-24(25-2)26-10-4-12-28-22(29)20-17-6-7-18(14-17)21(20)23(28)30/h5-8,13,17-18,20-21H,4,9-12,14H2,1-3H3,(H2,25,26,27). The maximum Gasteiger partial charge on any atom is 0.233 e. The molecule has 0 aromatic heterocycles. The van der Waals surface area contributed by atoms with Gasteiger partial charge in [0.05, 0.1) is 18.9 Å². The van der Waals surface area contributed by atoms with Gasteiger partial charge in [0.1, 0.15) is 5.75 Å². The minimum atomic E-state index is -0.108. The van der Waals surface area contributed by atoms with Gasteiger partial charge < -0.3 is 15.4 Å². The molecule has 4 atom stereocenters. The van der Waals surface area contributed by atoms with E-state index in [9.17, 15) is 9.59 Å². The number of methoxy groups -OCH3 is 1. The fourth-order valence-electron chi connectivity index (χ4n) is 5.27. The molecule has 7 heteroatoms. The normalized spacial score (nSPS) is 26.5. The molecule has 1 saturated carbocycles. The number of aliphatic imine (C=N–C) groups is 1. The van der Waals surface area contributed by atoms with E-state index in [0.29, 0.717) is 25.5 Å². The number of aryl methyl sites for hydroxylation is 1. The first-order chi connectivity index (χ1) is 15.0. The van der Waals surface area contributed by atoms with E-state index in [1.807, 2.05) is 12.1 Å². The lowest BCUT2D eigenvalue weighted by molar-refractivity contribution is -0.140. The van der Waals surface area contributed by atoms with Crippen molar-refractivity contribution in [1.29, 1.82) is 0 Å². The lowest BCUT2D eigenvalue weighted by atomic mass is 9.85. The van der Waals surface area contributed by atoms with Gasteiger partial charge in [0.2, 0.25) is 11.8 Å². The summed E-state index contributed by atoms with van der Waals surface area (Å²) in [4.78, 5) is 31.2. The van der Waals surface area contributed by atoms with Crippen molar-refractivity contribution >= 4 is 17.8 Å². The first kappa shape index (κ1) is 21.4. The maximum absolute atomic E-state index is 12.7. The van der Waals surface area contributed by atoms with Crippen molar-refractivity contribution in [3.63, 3.8) is 0 Å². The number of imide groups is 1. The van der Waals surface area contributed by atoms with E-state index < -0.39 is 0 Å². The summed E-state index contributed by atoms with van der Waals surface area (Å²) in [5.41, 5.74) is 2.36. The lowest BCUT2D eigenvalue weighted by Crippen LogP contribution is -2.40. The SMILES string of the molecule is CN=C(NCCCN1C(=O)C2C3C=CC(C3)C2C1=O)NCCc1cc(C)ccc1OC. The molecule has 4 rings (SSSR count). The molecule has 7 nitrogen and oxygen atoms in total. The third-order valence-corrected chi connectivity index (χ3v) is 6.76. The molecule has 2 aliphatic carbocycles. The van der Waals surface area contributed by atoms with Gasteiger partial charge in [0, 0.05) is 26.7 Å². The summed E-state index contributed by atoms with van der Waals surface area (Å²) in [5.74, 6) is 1.98. The molecule has 4 unspecified atom stereocenters. The Morgan fingerprint density at radius 3 is 2.45 bits per heavy atom. The van der Waals surface area contributed by atoms with Gasteiger partial charge in [-0.1, -0.05) is 29.8 Å². The molecule has 166 valence electrons. The molecule has 1 aromatic carbocycles. The summed E-state index contributed by atoms with van der Waals surface area (Å²) in [6.07, 6.45) is 6.75. The van der Waals surface area contributed by atoms with Gasteiger partial charge in [0.15, 0.2) is 5.96 Å². The third-order valence-electron chi connectivity index (χ3n) is 6.76. The second kappa shape index (κ2) is 9.12. The molecule has 1 aliphatic heterocycles. The van der Waals surface area contributed by atoms with E-state index in [-0.39, 0.29) is 35.5 Å². The summed E-state index contributed by atoms with van der Waals surface area (Å²) in [6.45, 7) is 3.91. The van der Waals surface area contributed by atoms with Crippen LogP contribution in [0.25, 0.3) is 0 Å². The lowest BCUT2D eigenvalue weighted by Gasteiger charge is -2.18. The number of hydrogen-bond acceptors (Lipinski definition) is 4. The molecular weight excluding hydrogens is 392 g/mol. The zero-order valence-corrected chi connectivity index (χ0v) is 18.6. The predicted molar refractivity (Wildman–Crippen MR) is 120 cm³/mol. The number of guanidine groups is 1. The van der Waals surface area contributed by atoms with Crippen LogP contribution < -0.4 is 15.4 Å². The second-order valence-corrected chi connectivity index (χ2v) is 8.67. The quantitative estimate of drug-likeness (QED) is 0.219. The molecule has 2 fully saturated rings. The minimum Gasteiger partial charge on any atom is -0.496 e. The fourth-order valence-corrected chi connectivity index (χ4v) is 5.27. The Labute approximate surface area is 183 Å². The zero-order chi connectivity index (χ0) is 22.0. The average molecular weight is 425 g/mol. The molecule has 3 aliphatic rings. The number of hydrogen-bond donors (Lipinski definition) is 2. The van der Waals surface area contributed by atoms with E-state index in [1.54, 1.807) is 14.2 Å². The van der Waals surface area contributed by atoms with E-state index in [2.05, 4.69) is 40.8 Å². The Hall–Kier alpha value is -2.83. The number of allylic oxidation sites excluding steroid dienone is 2.